The summed E-state index contributed by atoms with van der Waals surface area (Å²) in [5, 5.41) is 0. The number of likely N-dealkylation sites (tertiary alicyclic amines) is 1. The lowest BCUT2D eigenvalue weighted by atomic mass is 9.96. The van der Waals surface area contributed by atoms with Crippen molar-refractivity contribution >= 4 is 5.91 Å². The second-order valence-corrected chi connectivity index (χ2v) is 9.69. The predicted octanol–water partition coefficient (Wildman–Crippen LogP) is 5.50. The van der Waals surface area contributed by atoms with Gasteiger partial charge in [-0.25, -0.2) is 4.98 Å². The van der Waals surface area contributed by atoms with Gasteiger partial charge in [0, 0.05) is 50.6 Å². The monoisotopic (exact) mass is 458 g/mol. The van der Waals surface area contributed by atoms with Crippen LogP contribution in [0.5, 0.6) is 0 Å². The second kappa shape index (κ2) is 11.5. The Bertz CT molecular complexity index is 1060. The molecule has 0 N–H and O–H groups in total. The summed E-state index contributed by atoms with van der Waals surface area (Å²) in [5.41, 5.74) is 4.69. The van der Waals surface area contributed by atoms with E-state index in [1.165, 1.54) is 17.5 Å². The van der Waals surface area contributed by atoms with Crippen molar-refractivity contribution in [3.63, 3.8) is 0 Å². The molecule has 3 aromatic rings. The minimum absolute atomic E-state index is 0.256. The van der Waals surface area contributed by atoms with Crippen molar-refractivity contribution in [1.29, 1.82) is 0 Å². The van der Waals surface area contributed by atoms with E-state index in [-0.39, 0.29) is 5.91 Å². The first-order chi connectivity index (χ1) is 16.5. The Kier molecular flexibility index (Phi) is 8.17. The lowest BCUT2D eigenvalue weighted by molar-refractivity contribution is -0.132. The van der Waals surface area contributed by atoms with Crippen LogP contribution in [0.2, 0.25) is 0 Å². The highest BCUT2D eigenvalue weighted by atomic mass is 16.2. The first kappa shape index (κ1) is 24.2. The van der Waals surface area contributed by atoms with Crippen LogP contribution in [0.25, 0.3) is 22.5 Å². The van der Waals surface area contributed by atoms with E-state index in [4.69, 9.17) is 0 Å². The Balaban J connectivity index is 1.38. The number of nitrogens with zero attached hydrogens (tertiary/aromatic N) is 4. The van der Waals surface area contributed by atoms with Crippen molar-refractivity contribution in [2.45, 2.75) is 46.1 Å². The van der Waals surface area contributed by atoms with Crippen LogP contribution in [-0.2, 0) is 11.3 Å². The van der Waals surface area contributed by atoms with Gasteiger partial charge in [-0.3, -0.25) is 4.79 Å². The van der Waals surface area contributed by atoms with E-state index in [0.29, 0.717) is 18.9 Å². The van der Waals surface area contributed by atoms with Crippen molar-refractivity contribution in [2.24, 2.45) is 5.92 Å². The summed E-state index contributed by atoms with van der Waals surface area (Å²) in [6.45, 7) is 9.05. The zero-order chi connectivity index (χ0) is 23.9. The number of carbonyl (C=O) groups is 1. The molecule has 1 fully saturated rings. The molecule has 0 aliphatic carbocycles. The van der Waals surface area contributed by atoms with E-state index in [2.05, 4.69) is 88.8 Å². The summed E-state index contributed by atoms with van der Waals surface area (Å²) in [7, 11) is 2.21. The number of piperidine rings is 1. The van der Waals surface area contributed by atoms with Crippen LogP contribution in [0.1, 0.15) is 38.2 Å². The zero-order valence-electron chi connectivity index (χ0n) is 20.9. The molecule has 5 heteroatoms. The van der Waals surface area contributed by atoms with Gasteiger partial charge in [0.25, 0.3) is 0 Å². The molecule has 1 aromatic heterocycles. The number of carbonyl (C=O) groups excluding carboxylic acids is 1. The van der Waals surface area contributed by atoms with Crippen molar-refractivity contribution in [1.82, 2.24) is 19.4 Å². The quantitative estimate of drug-likeness (QED) is 0.425. The average molecular weight is 459 g/mol. The van der Waals surface area contributed by atoms with Crippen LogP contribution < -0.4 is 0 Å². The second-order valence-electron chi connectivity index (χ2n) is 9.69. The van der Waals surface area contributed by atoms with Crippen LogP contribution in [0.4, 0.5) is 0 Å². The fraction of sp³-hybridized carbons (Fsp3) is 0.448. The number of rotatable bonds is 9. The molecule has 180 valence electrons. The molecule has 5 nitrogen and oxygen atoms in total. The van der Waals surface area contributed by atoms with E-state index in [0.717, 1.165) is 56.0 Å². The predicted molar refractivity (Wildman–Crippen MR) is 140 cm³/mol. The van der Waals surface area contributed by atoms with Gasteiger partial charge in [0.05, 0.1) is 0 Å². The SMILES string of the molecule is CCCN(C)CC1CCN(C(=O)CCn2ccnc2-c2ccccc2-c2ccc(C)cc2)CC1. The van der Waals surface area contributed by atoms with Crippen molar-refractivity contribution in [2.75, 3.05) is 33.2 Å². The molecule has 1 aliphatic heterocycles. The highest BCUT2D eigenvalue weighted by molar-refractivity contribution is 5.81. The summed E-state index contributed by atoms with van der Waals surface area (Å²) >= 11 is 0. The molecular formula is C29H38N4O. The van der Waals surface area contributed by atoms with E-state index >= 15 is 0 Å². The van der Waals surface area contributed by atoms with Crippen LogP contribution in [0.15, 0.2) is 60.9 Å². The van der Waals surface area contributed by atoms with Crippen LogP contribution >= 0.6 is 0 Å². The molecule has 0 bridgehead atoms. The van der Waals surface area contributed by atoms with E-state index < -0.39 is 0 Å². The first-order valence-electron chi connectivity index (χ1n) is 12.7. The summed E-state index contributed by atoms with van der Waals surface area (Å²) in [6, 6.07) is 17.0. The van der Waals surface area contributed by atoms with Gasteiger partial charge in [-0.2, -0.15) is 0 Å². The zero-order valence-corrected chi connectivity index (χ0v) is 20.9. The molecule has 1 saturated heterocycles. The summed E-state index contributed by atoms with van der Waals surface area (Å²) < 4.78 is 2.12. The number of hydrogen-bond donors (Lipinski definition) is 0. The molecular weight excluding hydrogens is 420 g/mol. The third-order valence-corrected chi connectivity index (χ3v) is 6.96. The number of hydrogen-bond acceptors (Lipinski definition) is 3. The molecule has 0 saturated carbocycles. The first-order valence-corrected chi connectivity index (χ1v) is 12.7. The normalized spacial score (nSPS) is 14.6. The van der Waals surface area contributed by atoms with Gasteiger partial charge in [-0.05, 0) is 56.8 Å². The number of benzene rings is 2. The molecule has 0 atom stereocenters. The number of aryl methyl sites for hydroxylation is 2. The van der Waals surface area contributed by atoms with Gasteiger partial charge < -0.3 is 14.4 Å². The number of imidazole rings is 1. The highest BCUT2D eigenvalue weighted by Crippen LogP contribution is 2.31. The van der Waals surface area contributed by atoms with Crippen LogP contribution in [-0.4, -0.2) is 58.5 Å². The van der Waals surface area contributed by atoms with Gasteiger partial charge in [-0.15, -0.1) is 0 Å². The Morgan fingerprint density at radius 3 is 2.47 bits per heavy atom. The molecule has 1 amide bonds. The fourth-order valence-electron chi connectivity index (χ4n) is 5.05. The molecule has 4 rings (SSSR count). The molecule has 2 heterocycles. The number of aromatic nitrogens is 2. The molecule has 34 heavy (non-hydrogen) atoms. The maximum atomic E-state index is 13.0. The Hall–Kier alpha value is -2.92. The van der Waals surface area contributed by atoms with Crippen LogP contribution in [0.3, 0.4) is 0 Å². The maximum absolute atomic E-state index is 13.0. The van der Waals surface area contributed by atoms with Gasteiger partial charge in [0.1, 0.15) is 5.82 Å². The smallest absolute Gasteiger partial charge is 0.224 e. The largest absolute Gasteiger partial charge is 0.343 e. The number of amides is 1. The lowest BCUT2D eigenvalue weighted by Gasteiger charge is -2.34. The summed E-state index contributed by atoms with van der Waals surface area (Å²) in [4.78, 5) is 22.1. The van der Waals surface area contributed by atoms with Gasteiger partial charge >= 0.3 is 0 Å². The standard InChI is InChI=1S/C29H38N4O/c1-4-17-31(3)22-24-13-18-32(19-14-24)28(34)15-20-33-21-16-30-29(33)27-8-6-5-7-26(27)25-11-9-23(2)10-12-25/h5-12,16,21,24H,4,13-15,17-20,22H2,1-3H3. The molecule has 1 aliphatic rings. The van der Waals surface area contributed by atoms with Gasteiger partial charge in [0.15, 0.2) is 0 Å². The molecule has 0 unspecified atom stereocenters. The lowest BCUT2D eigenvalue weighted by Crippen LogP contribution is -2.41. The minimum atomic E-state index is 0.256. The molecule has 0 spiro atoms. The topological polar surface area (TPSA) is 41.4 Å². The van der Waals surface area contributed by atoms with Crippen LogP contribution in [0, 0.1) is 12.8 Å². The van der Waals surface area contributed by atoms with E-state index in [9.17, 15) is 4.79 Å². The highest BCUT2D eigenvalue weighted by Gasteiger charge is 2.23. The van der Waals surface area contributed by atoms with E-state index in [1.54, 1.807) is 0 Å². The van der Waals surface area contributed by atoms with E-state index in [1.807, 2.05) is 12.4 Å². The third kappa shape index (κ3) is 5.95. The Morgan fingerprint density at radius 1 is 1.06 bits per heavy atom. The molecule has 0 radical (unpaired) electrons. The van der Waals surface area contributed by atoms with Crippen molar-refractivity contribution in [3.8, 4) is 22.5 Å². The van der Waals surface area contributed by atoms with Crippen molar-refractivity contribution < 1.29 is 4.79 Å². The Morgan fingerprint density at radius 2 is 1.76 bits per heavy atom. The average Bonchev–Trinajstić information content (AvgIpc) is 3.32. The van der Waals surface area contributed by atoms with Crippen molar-refractivity contribution in [3.05, 3.63) is 66.5 Å². The summed E-state index contributed by atoms with van der Waals surface area (Å²) in [5.74, 6) is 1.88. The molecule has 2 aromatic carbocycles. The maximum Gasteiger partial charge on any atom is 0.224 e. The Labute approximate surface area is 204 Å². The fourth-order valence-corrected chi connectivity index (χ4v) is 5.05. The van der Waals surface area contributed by atoms with Gasteiger partial charge in [-0.1, -0.05) is 61.0 Å². The summed E-state index contributed by atoms with van der Waals surface area (Å²) in [6.07, 6.45) is 7.75. The minimum Gasteiger partial charge on any atom is -0.343 e. The third-order valence-electron chi connectivity index (χ3n) is 6.96. The van der Waals surface area contributed by atoms with Gasteiger partial charge in [0.2, 0.25) is 5.91 Å².